The number of sulfonamides is 1. The van der Waals surface area contributed by atoms with Crippen molar-refractivity contribution in [2.75, 3.05) is 30.7 Å². The molecule has 0 atom stereocenters. The number of hydrogen-bond donors (Lipinski definition) is 2. The number of rotatable bonds is 5. The van der Waals surface area contributed by atoms with E-state index in [4.69, 9.17) is 5.73 Å². The first-order valence-corrected chi connectivity index (χ1v) is 12.3. The monoisotopic (exact) mass is 404 g/mol. The minimum absolute atomic E-state index is 0.0143. The first-order valence-electron chi connectivity index (χ1n) is 10.7. The highest BCUT2D eigenvalue weighted by Gasteiger charge is 2.26. The van der Waals surface area contributed by atoms with Crippen LogP contribution in [-0.4, -0.2) is 44.7 Å². The molecule has 1 aromatic rings. The van der Waals surface area contributed by atoms with Gasteiger partial charge in [-0.3, -0.25) is 0 Å². The third kappa shape index (κ3) is 4.20. The van der Waals surface area contributed by atoms with E-state index < -0.39 is 10.0 Å². The Morgan fingerprint density at radius 3 is 2.32 bits per heavy atom. The molecule has 28 heavy (non-hydrogen) atoms. The average molecular weight is 405 g/mol. The molecule has 2 aliphatic carbocycles. The minimum atomic E-state index is -3.57. The molecule has 3 aliphatic rings. The lowest BCUT2D eigenvalue weighted by Crippen LogP contribution is -2.35. The van der Waals surface area contributed by atoms with Crippen LogP contribution in [0.2, 0.25) is 0 Å². The smallest absolute Gasteiger partial charge is 0.256 e. The number of guanidine groups is 1. The van der Waals surface area contributed by atoms with Crippen molar-refractivity contribution < 1.29 is 8.42 Å². The molecule has 1 aromatic carbocycles. The van der Waals surface area contributed by atoms with Crippen molar-refractivity contribution >= 4 is 21.7 Å². The molecule has 0 bridgehead atoms. The van der Waals surface area contributed by atoms with Gasteiger partial charge in [-0.15, -0.1) is 4.40 Å². The normalized spacial score (nSPS) is 21.0. The van der Waals surface area contributed by atoms with E-state index in [9.17, 15) is 8.42 Å². The summed E-state index contributed by atoms with van der Waals surface area (Å²) in [6, 6.07) is 2.35. The van der Waals surface area contributed by atoms with Crippen molar-refractivity contribution in [1.29, 1.82) is 0 Å². The zero-order valence-electron chi connectivity index (χ0n) is 16.8. The van der Waals surface area contributed by atoms with Gasteiger partial charge in [0.25, 0.3) is 10.0 Å². The Labute approximate surface area is 168 Å². The van der Waals surface area contributed by atoms with Crippen LogP contribution >= 0.6 is 0 Å². The number of likely N-dealkylation sites (tertiary alicyclic amines) is 1. The maximum absolute atomic E-state index is 12.6. The summed E-state index contributed by atoms with van der Waals surface area (Å²) in [5.41, 5.74) is 12.5. The Kier molecular flexibility index (Phi) is 5.65. The number of aryl methyl sites for hydroxylation is 2. The maximum Gasteiger partial charge on any atom is 0.256 e. The van der Waals surface area contributed by atoms with Gasteiger partial charge >= 0.3 is 0 Å². The molecule has 1 saturated heterocycles. The number of hydrogen-bond acceptors (Lipinski definition) is 3. The van der Waals surface area contributed by atoms with Crippen LogP contribution in [-0.2, 0) is 35.7 Å². The highest BCUT2D eigenvalue weighted by atomic mass is 32.2. The summed E-state index contributed by atoms with van der Waals surface area (Å²) in [5, 5.41) is 3.19. The number of anilines is 1. The van der Waals surface area contributed by atoms with Crippen molar-refractivity contribution in [1.82, 2.24) is 4.90 Å². The Bertz CT molecular complexity index is 839. The molecule has 0 radical (unpaired) electrons. The second-order valence-corrected chi connectivity index (χ2v) is 10.1. The van der Waals surface area contributed by atoms with Crippen LogP contribution in [0.1, 0.15) is 54.9 Å². The Morgan fingerprint density at radius 2 is 1.75 bits per heavy atom. The lowest BCUT2D eigenvalue weighted by molar-refractivity contribution is 0.202. The molecule has 1 fully saturated rings. The van der Waals surface area contributed by atoms with Crippen LogP contribution in [0, 0.1) is 5.92 Å². The summed E-state index contributed by atoms with van der Waals surface area (Å²) < 4.78 is 29.1. The lowest BCUT2D eigenvalue weighted by atomic mass is 9.99. The summed E-state index contributed by atoms with van der Waals surface area (Å²) >= 11 is 0. The van der Waals surface area contributed by atoms with Gasteiger partial charge in [-0.25, -0.2) is 8.42 Å². The van der Waals surface area contributed by atoms with Crippen molar-refractivity contribution in [2.45, 2.75) is 58.3 Å². The van der Waals surface area contributed by atoms with Crippen LogP contribution < -0.4 is 11.1 Å². The van der Waals surface area contributed by atoms with Gasteiger partial charge in [-0.1, -0.05) is 13.0 Å². The number of nitrogens with one attached hydrogen (secondary N) is 1. The second-order valence-electron chi connectivity index (χ2n) is 8.46. The van der Waals surface area contributed by atoms with Crippen LogP contribution in [0.4, 0.5) is 5.69 Å². The second kappa shape index (κ2) is 8.03. The first-order chi connectivity index (χ1) is 13.4. The molecule has 0 unspecified atom stereocenters. The molecule has 3 N–H and O–H groups in total. The zero-order valence-corrected chi connectivity index (χ0v) is 17.7. The molecule has 0 spiro atoms. The summed E-state index contributed by atoms with van der Waals surface area (Å²) in [6.45, 7) is 5.11. The summed E-state index contributed by atoms with van der Waals surface area (Å²) in [7, 11) is -3.57. The predicted octanol–water partition coefficient (Wildman–Crippen LogP) is 2.45. The number of fused-ring (bicyclic) bond motifs is 2. The van der Waals surface area contributed by atoms with E-state index in [0.29, 0.717) is 0 Å². The molecule has 7 heteroatoms. The molecule has 0 aromatic heterocycles. The quantitative estimate of drug-likeness (QED) is 0.581. The van der Waals surface area contributed by atoms with E-state index in [2.05, 4.69) is 27.6 Å². The van der Waals surface area contributed by atoms with Gasteiger partial charge in [0.15, 0.2) is 0 Å². The van der Waals surface area contributed by atoms with Gasteiger partial charge in [-0.2, -0.15) is 0 Å². The molecule has 1 heterocycles. The third-order valence-corrected chi connectivity index (χ3v) is 7.93. The summed E-state index contributed by atoms with van der Waals surface area (Å²) in [6.07, 6.45) is 8.39. The number of benzene rings is 1. The van der Waals surface area contributed by atoms with Crippen molar-refractivity contribution in [3.8, 4) is 0 Å². The zero-order chi connectivity index (χ0) is 19.7. The molecular weight excluding hydrogens is 372 g/mol. The van der Waals surface area contributed by atoms with E-state index in [1.807, 2.05) is 0 Å². The number of nitrogens with two attached hydrogens (primary N) is 1. The van der Waals surface area contributed by atoms with E-state index in [-0.39, 0.29) is 17.6 Å². The van der Waals surface area contributed by atoms with Gasteiger partial charge in [0.1, 0.15) is 0 Å². The molecule has 154 valence electrons. The summed E-state index contributed by atoms with van der Waals surface area (Å²) in [5.74, 6) is 0.285. The minimum Gasteiger partial charge on any atom is -0.369 e. The van der Waals surface area contributed by atoms with Crippen LogP contribution in [0.15, 0.2) is 10.5 Å². The van der Waals surface area contributed by atoms with E-state index >= 15 is 0 Å². The van der Waals surface area contributed by atoms with Crippen LogP contribution in [0.3, 0.4) is 0 Å². The first kappa shape index (κ1) is 19.7. The number of nitrogens with zero attached hydrogens (tertiary/aromatic N) is 2. The molecular formula is C21H32N4O2S. The molecule has 1 aliphatic heterocycles. The van der Waals surface area contributed by atoms with E-state index in [0.717, 1.165) is 76.7 Å². The number of piperidine rings is 1. The maximum atomic E-state index is 12.6. The van der Waals surface area contributed by atoms with Gasteiger partial charge in [0.2, 0.25) is 5.96 Å². The van der Waals surface area contributed by atoms with Crippen molar-refractivity contribution in [3.63, 3.8) is 0 Å². The van der Waals surface area contributed by atoms with Crippen molar-refractivity contribution in [3.05, 3.63) is 28.3 Å². The van der Waals surface area contributed by atoms with E-state index in [1.54, 1.807) is 0 Å². The fraction of sp³-hybridized carbons (Fsp3) is 0.667. The molecule has 4 rings (SSSR count). The molecule has 0 saturated carbocycles. The molecule has 6 nitrogen and oxygen atoms in total. The Balaban J connectivity index is 1.48. The van der Waals surface area contributed by atoms with Gasteiger partial charge in [-0.05, 0) is 99.2 Å². The van der Waals surface area contributed by atoms with Gasteiger partial charge in [0, 0.05) is 5.69 Å². The largest absolute Gasteiger partial charge is 0.369 e. The highest BCUT2D eigenvalue weighted by Crippen LogP contribution is 2.38. The highest BCUT2D eigenvalue weighted by molar-refractivity contribution is 7.90. The SMILES string of the molecule is CCN1CCC(CS(=O)(=O)/N=C(\N)Nc2c3c(cc4c2CCC4)CCC3)CC1. The van der Waals surface area contributed by atoms with E-state index in [1.165, 1.54) is 22.3 Å². The van der Waals surface area contributed by atoms with Crippen LogP contribution in [0.25, 0.3) is 0 Å². The fourth-order valence-electron chi connectivity index (χ4n) is 5.07. The van der Waals surface area contributed by atoms with Gasteiger partial charge in [0.05, 0.1) is 5.75 Å². The van der Waals surface area contributed by atoms with Gasteiger partial charge < -0.3 is 16.0 Å². The fourth-order valence-corrected chi connectivity index (χ4v) is 6.42. The average Bonchev–Trinajstić information content (AvgIpc) is 3.30. The van der Waals surface area contributed by atoms with Crippen molar-refractivity contribution in [2.24, 2.45) is 16.0 Å². The third-order valence-electron chi connectivity index (χ3n) is 6.56. The lowest BCUT2D eigenvalue weighted by Gasteiger charge is -2.30. The van der Waals surface area contributed by atoms with Crippen LogP contribution in [0.5, 0.6) is 0 Å². The Morgan fingerprint density at radius 1 is 1.14 bits per heavy atom. The molecule has 0 amide bonds. The Hall–Kier alpha value is -1.60. The summed E-state index contributed by atoms with van der Waals surface area (Å²) in [4.78, 5) is 2.36. The standard InChI is InChI=1S/C21H32N4O2S/c1-2-25-11-9-15(10-12-25)14-28(26,27)24-21(22)23-20-18-7-3-5-16(18)13-17-6-4-8-19(17)20/h13,15H,2-12,14H2,1H3,(H3,22,23,24). The topological polar surface area (TPSA) is 87.8 Å². The predicted molar refractivity (Wildman–Crippen MR) is 114 cm³/mol.